The van der Waals surface area contributed by atoms with Crippen LogP contribution in [0.3, 0.4) is 0 Å². The molecule has 0 spiro atoms. The van der Waals surface area contributed by atoms with Gasteiger partial charge in [-0.25, -0.2) is 9.48 Å². The smallest absolute Gasteiger partial charge is 0.335 e. The van der Waals surface area contributed by atoms with E-state index in [1.54, 1.807) is 6.07 Å². The molecule has 0 bridgehead atoms. The van der Waals surface area contributed by atoms with Gasteiger partial charge in [0.05, 0.1) is 11.4 Å². The lowest BCUT2D eigenvalue weighted by Crippen LogP contribution is -2.45. The molecule has 3 N–H and O–H groups in total. The number of carboxylic acids is 1. The Kier molecular flexibility index (Phi) is 4.83. The van der Waals surface area contributed by atoms with Gasteiger partial charge in [0.25, 0.3) is 5.56 Å². The molecule has 0 radical (unpaired) electrons. The van der Waals surface area contributed by atoms with Crippen LogP contribution in [0.4, 0.5) is 11.6 Å². The number of carbonyl (C=O) groups is 1. The molecule has 29 heavy (non-hydrogen) atoms. The number of nitrogens with one attached hydrogen (secondary N) is 2. The number of benzene rings is 1. The SMILES string of the molecule is COC1(C(=O)O)CCC(n2nc(Nc3cc(C)[nH]n3)c3ccccc3c2=O)CC1. The van der Waals surface area contributed by atoms with Crippen LogP contribution in [0.1, 0.15) is 37.4 Å². The molecular formula is C20H23N5O4. The van der Waals surface area contributed by atoms with Crippen LogP contribution in [0.15, 0.2) is 35.1 Å². The number of aromatic amines is 1. The van der Waals surface area contributed by atoms with Gasteiger partial charge in [-0.1, -0.05) is 18.2 Å². The Morgan fingerprint density at radius 1 is 1.31 bits per heavy atom. The van der Waals surface area contributed by atoms with Crippen molar-refractivity contribution in [2.24, 2.45) is 0 Å². The summed E-state index contributed by atoms with van der Waals surface area (Å²) in [5, 5.41) is 25.6. The maximum absolute atomic E-state index is 13.1. The lowest BCUT2D eigenvalue weighted by atomic mass is 9.82. The van der Waals surface area contributed by atoms with Crippen molar-refractivity contribution in [1.82, 2.24) is 20.0 Å². The summed E-state index contributed by atoms with van der Waals surface area (Å²) in [6, 6.07) is 8.95. The molecule has 4 rings (SSSR count). The number of fused-ring (bicyclic) bond motifs is 1. The minimum absolute atomic E-state index is 0.186. The van der Waals surface area contributed by atoms with Crippen LogP contribution in [0.25, 0.3) is 10.8 Å². The molecule has 1 aromatic carbocycles. The summed E-state index contributed by atoms with van der Waals surface area (Å²) >= 11 is 0. The summed E-state index contributed by atoms with van der Waals surface area (Å²) in [5.74, 6) is 0.181. The number of H-pyrrole nitrogens is 1. The van der Waals surface area contributed by atoms with E-state index < -0.39 is 11.6 Å². The normalized spacial score (nSPS) is 21.9. The van der Waals surface area contributed by atoms with Crippen molar-refractivity contribution in [3.05, 3.63) is 46.4 Å². The van der Waals surface area contributed by atoms with E-state index in [0.29, 0.717) is 48.1 Å². The van der Waals surface area contributed by atoms with Gasteiger partial charge in [0.1, 0.15) is 0 Å². The van der Waals surface area contributed by atoms with Crippen molar-refractivity contribution in [3.8, 4) is 0 Å². The highest BCUT2D eigenvalue weighted by Crippen LogP contribution is 2.37. The summed E-state index contributed by atoms with van der Waals surface area (Å²) in [6.45, 7) is 1.90. The van der Waals surface area contributed by atoms with E-state index in [-0.39, 0.29) is 11.6 Å². The number of aryl methyl sites for hydroxylation is 1. The average molecular weight is 397 g/mol. The minimum Gasteiger partial charge on any atom is -0.479 e. The van der Waals surface area contributed by atoms with Gasteiger partial charge in [-0.15, -0.1) is 0 Å². The van der Waals surface area contributed by atoms with E-state index >= 15 is 0 Å². The highest BCUT2D eigenvalue weighted by atomic mass is 16.5. The van der Waals surface area contributed by atoms with Gasteiger partial charge in [-0.05, 0) is 38.7 Å². The molecule has 0 unspecified atom stereocenters. The number of ether oxygens (including phenoxy) is 1. The molecule has 0 aliphatic heterocycles. The van der Waals surface area contributed by atoms with Crippen LogP contribution in [-0.2, 0) is 9.53 Å². The Morgan fingerprint density at radius 2 is 2.00 bits per heavy atom. The van der Waals surface area contributed by atoms with Crippen LogP contribution in [0, 0.1) is 6.92 Å². The van der Waals surface area contributed by atoms with Crippen LogP contribution in [0.5, 0.6) is 0 Å². The number of rotatable bonds is 5. The first kappa shape index (κ1) is 19.1. The fourth-order valence-corrected chi connectivity index (χ4v) is 3.97. The summed E-state index contributed by atoms with van der Waals surface area (Å²) < 4.78 is 6.78. The van der Waals surface area contributed by atoms with E-state index in [1.165, 1.54) is 11.8 Å². The van der Waals surface area contributed by atoms with Gasteiger partial charge in [0.15, 0.2) is 17.2 Å². The molecular weight excluding hydrogens is 374 g/mol. The maximum atomic E-state index is 13.1. The second-order valence-electron chi connectivity index (χ2n) is 7.44. The van der Waals surface area contributed by atoms with Gasteiger partial charge >= 0.3 is 5.97 Å². The zero-order valence-corrected chi connectivity index (χ0v) is 16.3. The zero-order valence-electron chi connectivity index (χ0n) is 16.3. The maximum Gasteiger partial charge on any atom is 0.335 e. The summed E-state index contributed by atoms with van der Waals surface area (Å²) in [5.41, 5.74) is -0.471. The second kappa shape index (κ2) is 7.32. The van der Waals surface area contributed by atoms with Crippen LogP contribution in [-0.4, -0.2) is 43.8 Å². The number of nitrogens with zero attached hydrogens (tertiary/aromatic N) is 3. The number of methoxy groups -OCH3 is 1. The number of anilines is 2. The highest BCUT2D eigenvalue weighted by Gasteiger charge is 2.43. The zero-order chi connectivity index (χ0) is 20.6. The number of aromatic nitrogens is 4. The topological polar surface area (TPSA) is 122 Å². The quantitative estimate of drug-likeness (QED) is 0.605. The molecule has 1 fully saturated rings. The van der Waals surface area contributed by atoms with Gasteiger partial charge < -0.3 is 15.2 Å². The Morgan fingerprint density at radius 3 is 2.59 bits per heavy atom. The Hall–Kier alpha value is -3.20. The third-order valence-electron chi connectivity index (χ3n) is 5.67. The Bertz CT molecular complexity index is 1110. The van der Waals surface area contributed by atoms with Crippen molar-refractivity contribution in [2.75, 3.05) is 12.4 Å². The molecule has 152 valence electrons. The van der Waals surface area contributed by atoms with Crippen molar-refractivity contribution in [3.63, 3.8) is 0 Å². The molecule has 0 atom stereocenters. The van der Waals surface area contributed by atoms with Crippen LogP contribution in [0.2, 0.25) is 0 Å². The monoisotopic (exact) mass is 397 g/mol. The lowest BCUT2D eigenvalue weighted by Gasteiger charge is -2.35. The first-order valence-electron chi connectivity index (χ1n) is 9.53. The van der Waals surface area contributed by atoms with Crippen molar-refractivity contribution in [1.29, 1.82) is 0 Å². The molecule has 2 aromatic heterocycles. The predicted molar refractivity (Wildman–Crippen MR) is 107 cm³/mol. The number of carboxylic acid groups (broad SMARTS) is 1. The fraction of sp³-hybridized carbons (Fsp3) is 0.400. The summed E-state index contributed by atoms with van der Waals surface area (Å²) in [7, 11) is 1.42. The van der Waals surface area contributed by atoms with E-state index in [1.807, 2.05) is 31.2 Å². The van der Waals surface area contributed by atoms with Gasteiger partial charge in [0, 0.05) is 24.3 Å². The summed E-state index contributed by atoms with van der Waals surface area (Å²) in [4.78, 5) is 24.7. The molecule has 3 aromatic rings. The third-order valence-corrected chi connectivity index (χ3v) is 5.67. The molecule has 0 saturated heterocycles. The first-order valence-corrected chi connectivity index (χ1v) is 9.53. The van der Waals surface area contributed by atoms with Crippen LogP contribution >= 0.6 is 0 Å². The Balaban J connectivity index is 1.73. The molecule has 9 nitrogen and oxygen atoms in total. The minimum atomic E-state index is -1.19. The average Bonchev–Trinajstić information content (AvgIpc) is 3.15. The van der Waals surface area contributed by atoms with Crippen molar-refractivity contribution >= 4 is 28.4 Å². The molecule has 1 aliphatic rings. The third kappa shape index (κ3) is 3.38. The first-order chi connectivity index (χ1) is 13.9. The van der Waals surface area contributed by atoms with E-state index in [9.17, 15) is 14.7 Å². The standard InChI is InChI=1S/C20H23N5O4/c1-12-11-16(23-22-12)21-17-14-5-3-4-6-15(14)18(26)25(24-17)13-7-9-20(29-2,10-8-13)19(27)28/h3-6,11,13H,7-10H2,1-2H3,(H,27,28)(H2,21,22,23,24). The van der Waals surface area contributed by atoms with Crippen molar-refractivity contribution in [2.45, 2.75) is 44.2 Å². The van der Waals surface area contributed by atoms with E-state index in [2.05, 4.69) is 20.6 Å². The van der Waals surface area contributed by atoms with Crippen molar-refractivity contribution < 1.29 is 14.6 Å². The molecule has 0 amide bonds. The molecule has 1 saturated carbocycles. The molecule has 9 heteroatoms. The number of hydrogen-bond acceptors (Lipinski definition) is 6. The molecule has 2 heterocycles. The van der Waals surface area contributed by atoms with Crippen LogP contribution < -0.4 is 10.9 Å². The largest absolute Gasteiger partial charge is 0.479 e. The predicted octanol–water partition coefficient (Wildman–Crippen LogP) is 2.76. The number of aliphatic carboxylic acids is 1. The van der Waals surface area contributed by atoms with Gasteiger partial charge in [-0.3, -0.25) is 9.89 Å². The lowest BCUT2D eigenvalue weighted by molar-refractivity contribution is -0.167. The van der Waals surface area contributed by atoms with E-state index in [4.69, 9.17) is 4.74 Å². The highest BCUT2D eigenvalue weighted by molar-refractivity contribution is 5.92. The Labute approximate surface area is 166 Å². The van der Waals surface area contributed by atoms with Gasteiger partial charge in [-0.2, -0.15) is 10.2 Å². The fourth-order valence-electron chi connectivity index (χ4n) is 3.97. The number of hydrogen-bond donors (Lipinski definition) is 3. The second-order valence-corrected chi connectivity index (χ2v) is 7.44. The summed E-state index contributed by atoms with van der Waals surface area (Å²) in [6.07, 6.45) is 1.64. The van der Waals surface area contributed by atoms with Gasteiger partial charge in [0.2, 0.25) is 0 Å². The van der Waals surface area contributed by atoms with E-state index in [0.717, 1.165) is 5.69 Å². The molecule has 1 aliphatic carbocycles.